The lowest BCUT2D eigenvalue weighted by Crippen LogP contribution is -2.04. The highest BCUT2D eigenvalue weighted by Gasteiger charge is 2.17. The third-order valence-electron chi connectivity index (χ3n) is 1.99. The number of benzene rings is 1. The van der Waals surface area contributed by atoms with E-state index >= 15 is 0 Å². The Balaban J connectivity index is 3.38. The Kier molecular flexibility index (Phi) is 4.23. The Hall–Kier alpha value is -1.88. The smallest absolute Gasteiger partial charge is 0.278 e. The number of hydrogen-bond acceptors (Lipinski definition) is 4. The Morgan fingerprint density at radius 1 is 1.47 bits per heavy atom. The van der Waals surface area contributed by atoms with E-state index in [-0.39, 0.29) is 21.8 Å². The number of rotatable bonds is 4. The summed E-state index contributed by atoms with van der Waals surface area (Å²) in [4.78, 5) is 22.9. The van der Waals surface area contributed by atoms with Gasteiger partial charge in [0.2, 0.25) is 0 Å². The van der Waals surface area contributed by atoms with Gasteiger partial charge in [-0.1, -0.05) is 11.6 Å². The summed E-state index contributed by atoms with van der Waals surface area (Å²) >= 11 is 5.69. The van der Waals surface area contributed by atoms with Crippen molar-refractivity contribution in [3.63, 3.8) is 0 Å². The predicted molar refractivity (Wildman–Crippen MR) is 65.8 cm³/mol. The van der Waals surface area contributed by atoms with Crippen LogP contribution in [0.3, 0.4) is 0 Å². The van der Waals surface area contributed by atoms with E-state index in [0.29, 0.717) is 6.29 Å². The lowest BCUT2D eigenvalue weighted by atomic mass is 10.1. The highest BCUT2D eigenvalue weighted by Crippen LogP contribution is 2.28. The number of nitro benzene ring substituents is 1. The maximum absolute atomic E-state index is 11.0. The molecule has 0 saturated heterocycles. The lowest BCUT2D eigenvalue weighted by molar-refractivity contribution is -0.385. The fourth-order valence-corrected chi connectivity index (χ4v) is 1.51. The Bertz CT molecular complexity index is 484. The van der Waals surface area contributed by atoms with Gasteiger partial charge in [0.25, 0.3) is 5.69 Å². The van der Waals surface area contributed by atoms with Gasteiger partial charge in [-0.25, -0.2) is 0 Å². The van der Waals surface area contributed by atoms with Crippen LogP contribution in [0.1, 0.15) is 5.56 Å². The number of halogens is 1. The van der Waals surface area contributed by atoms with Gasteiger partial charge < -0.3 is 4.90 Å². The van der Waals surface area contributed by atoms with Crippen LogP contribution in [-0.2, 0) is 4.79 Å². The second kappa shape index (κ2) is 5.45. The van der Waals surface area contributed by atoms with Crippen molar-refractivity contribution >= 4 is 29.1 Å². The molecule has 0 fully saturated rings. The quantitative estimate of drug-likeness (QED) is 0.358. The number of nitro groups is 1. The van der Waals surface area contributed by atoms with Crippen molar-refractivity contribution in [2.75, 3.05) is 14.1 Å². The standard InChI is InChI=1S/C11H11ClN2O3/c1-13(2)6-8(7-15)10-4-3-9(12)5-11(10)14(16)17/h3-7H,1-2H3/b8-6+. The fourth-order valence-electron chi connectivity index (χ4n) is 1.34. The molecule has 0 amide bonds. The summed E-state index contributed by atoms with van der Waals surface area (Å²) in [5, 5.41) is 11.1. The second-order valence-corrected chi connectivity index (χ2v) is 4.02. The normalized spacial score (nSPS) is 11.1. The summed E-state index contributed by atoms with van der Waals surface area (Å²) in [5.41, 5.74) is 0.305. The van der Waals surface area contributed by atoms with Crippen LogP contribution in [0.2, 0.25) is 5.02 Å². The molecule has 0 N–H and O–H groups in total. The molecule has 0 aliphatic rings. The number of carbonyl (C=O) groups excluding carboxylic acids is 1. The molecule has 17 heavy (non-hydrogen) atoms. The van der Waals surface area contributed by atoms with Crippen molar-refractivity contribution in [2.45, 2.75) is 0 Å². The van der Waals surface area contributed by atoms with Gasteiger partial charge in [-0.05, 0) is 12.1 Å². The third-order valence-corrected chi connectivity index (χ3v) is 2.23. The summed E-state index contributed by atoms with van der Waals surface area (Å²) < 4.78 is 0. The minimum atomic E-state index is -0.561. The molecule has 5 nitrogen and oxygen atoms in total. The van der Waals surface area contributed by atoms with Crippen molar-refractivity contribution in [2.24, 2.45) is 0 Å². The Labute approximate surface area is 103 Å². The number of aldehydes is 1. The molecule has 0 aromatic heterocycles. The number of nitrogens with zero attached hydrogens (tertiary/aromatic N) is 2. The molecule has 0 aliphatic carbocycles. The molecule has 0 aliphatic heterocycles. The molecule has 1 rings (SSSR count). The first-order valence-electron chi connectivity index (χ1n) is 4.73. The zero-order chi connectivity index (χ0) is 13.0. The summed E-state index contributed by atoms with van der Waals surface area (Å²) in [5.74, 6) is 0. The minimum absolute atomic E-state index is 0.183. The molecule has 90 valence electrons. The largest absolute Gasteiger partial charge is 0.383 e. The molecular weight excluding hydrogens is 244 g/mol. The van der Waals surface area contributed by atoms with Crippen molar-refractivity contribution in [1.29, 1.82) is 0 Å². The van der Waals surface area contributed by atoms with Crippen LogP contribution in [0.25, 0.3) is 5.57 Å². The molecule has 0 heterocycles. The van der Waals surface area contributed by atoms with E-state index in [1.165, 1.54) is 24.4 Å². The van der Waals surface area contributed by atoms with Gasteiger partial charge in [-0.3, -0.25) is 14.9 Å². The molecular formula is C11H11ClN2O3. The lowest BCUT2D eigenvalue weighted by Gasteiger charge is -2.08. The molecule has 1 aromatic carbocycles. The summed E-state index contributed by atoms with van der Waals surface area (Å²) in [7, 11) is 3.45. The van der Waals surface area contributed by atoms with E-state index in [2.05, 4.69) is 0 Å². The van der Waals surface area contributed by atoms with Crippen molar-refractivity contribution in [3.05, 3.63) is 45.1 Å². The Morgan fingerprint density at radius 3 is 2.59 bits per heavy atom. The maximum atomic E-state index is 11.0. The summed E-state index contributed by atoms with van der Waals surface area (Å²) in [6, 6.07) is 4.20. The van der Waals surface area contributed by atoms with E-state index in [9.17, 15) is 14.9 Å². The van der Waals surface area contributed by atoms with Crippen LogP contribution < -0.4 is 0 Å². The molecule has 0 bridgehead atoms. The zero-order valence-electron chi connectivity index (χ0n) is 9.38. The van der Waals surface area contributed by atoms with E-state index in [0.717, 1.165) is 0 Å². The third kappa shape index (κ3) is 3.29. The van der Waals surface area contributed by atoms with Crippen molar-refractivity contribution < 1.29 is 9.72 Å². The predicted octanol–water partition coefficient (Wildman–Crippen LogP) is 2.35. The topological polar surface area (TPSA) is 63.5 Å². The molecule has 0 spiro atoms. The van der Waals surface area contributed by atoms with Gasteiger partial charge in [0.15, 0.2) is 6.29 Å². The molecule has 6 heteroatoms. The minimum Gasteiger partial charge on any atom is -0.383 e. The number of carbonyl (C=O) groups is 1. The van der Waals surface area contributed by atoms with E-state index in [1.807, 2.05) is 0 Å². The molecule has 0 saturated carbocycles. The molecule has 1 aromatic rings. The summed E-state index contributed by atoms with van der Waals surface area (Å²) in [6.07, 6.45) is 2.10. The number of hydrogen-bond donors (Lipinski definition) is 0. The van der Waals surface area contributed by atoms with Gasteiger partial charge >= 0.3 is 0 Å². The highest BCUT2D eigenvalue weighted by molar-refractivity contribution is 6.31. The summed E-state index contributed by atoms with van der Waals surface area (Å²) in [6.45, 7) is 0. The van der Waals surface area contributed by atoms with Gasteiger partial charge in [-0.15, -0.1) is 0 Å². The average molecular weight is 255 g/mol. The average Bonchev–Trinajstić information content (AvgIpc) is 2.25. The van der Waals surface area contributed by atoms with Crippen molar-refractivity contribution in [1.82, 2.24) is 4.90 Å². The highest BCUT2D eigenvalue weighted by atomic mass is 35.5. The maximum Gasteiger partial charge on any atom is 0.278 e. The first kappa shape index (κ1) is 13.2. The van der Waals surface area contributed by atoms with Crippen LogP contribution in [0.15, 0.2) is 24.4 Å². The number of allylic oxidation sites excluding steroid dienone is 1. The molecule has 0 atom stereocenters. The van der Waals surface area contributed by atoms with Crippen molar-refractivity contribution in [3.8, 4) is 0 Å². The van der Waals surface area contributed by atoms with Gasteiger partial charge in [0.05, 0.1) is 10.5 Å². The first-order valence-corrected chi connectivity index (χ1v) is 5.11. The van der Waals surface area contributed by atoms with Crippen LogP contribution in [-0.4, -0.2) is 30.2 Å². The van der Waals surface area contributed by atoms with E-state index in [4.69, 9.17) is 11.6 Å². The van der Waals surface area contributed by atoms with Crippen LogP contribution in [0.5, 0.6) is 0 Å². The van der Waals surface area contributed by atoms with E-state index in [1.54, 1.807) is 19.0 Å². The molecule has 0 radical (unpaired) electrons. The van der Waals surface area contributed by atoms with Crippen LogP contribution in [0, 0.1) is 10.1 Å². The monoisotopic (exact) mass is 254 g/mol. The SMILES string of the molecule is CN(C)/C=C(\C=O)c1ccc(Cl)cc1[N+](=O)[O-]. The van der Waals surface area contributed by atoms with Gasteiger partial charge in [0.1, 0.15) is 0 Å². The van der Waals surface area contributed by atoms with Crippen LogP contribution in [0.4, 0.5) is 5.69 Å². The van der Waals surface area contributed by atoms with Gasteiger partial charge in [0, 0.05) is 37.0 Å². The first-order chi connectivity index (χ1) is 7.95. The fraction of sp³-hybridized carbons (Fsp3) is 0.182. The van der Waals surface area contributed by atoms with Crippen LogP contribution >= 0.6 is 11.6 Å². The zero-order valence-corrected chi connectivity index (χ0v) is 10.1. The van der Waals surface area contributed by atoms with E-state index < -0.39 is 4.92 Å². The Morgan fingerprint density at radius 2 is 2.12 bits per heavy atom. The second-order valence-electron chi connectivity index (χ2n) is 3.58. The van der Waals surface area contributed by atoms with Gasteiger partial charge in [-0.2, -0.15) is 0 Å². The molecule has 0 unspecified atom stereocenters.